The first-order chi connectivity index (χ1) is 8.81. The Morgan fingerprint density at radius 2 is 2.11 bits per heavy atom. The molecule has 1 rings (SSSR count). The number of nitrogens with one attached hydrogen (secondary N) is 2. The largest absolute Gasteiger partial charge is 0.384 e. The van der Waals surface area contributed by atoms with Crippen LogP contribution in [0, 0.1) is 11.3 Å². The van der Waals surface area contributed by atoms with E-state index >= 15 is 0 Å². The predicted molar refractivity (Wildman–Crippen MR) is 77.2 cm³/mol. The molecule has 2 N–H and O–H groups in total. The zero-order valence-electron chi connectivity index (χ0n) is 11.4. The van der Waals surface area contributed by atoms with E-state index in [9.17, 15) is 4.79 Å². The molecule has 4 nitrogen and oxygen atoms in total. The molecule has 0 spiro atoms. The van der Waals surface area contributed by atoms with E-state index in [-0.39, 0.29) is 11.4 Å². The van der Waals surface area contributed by atoms with Crippen LogP contribution in [0.4, 0.5) is 5.69 Å². The number of benzene rings is 1. The number of carbonyl (C=O) groups excluding carboxylic acids is 1. The van der Waals surface area contributed by atoms with Gasteiger partial charge in [0.15, 0.2) is 0 Å². The molecule has 1 aromatic carbocycles. The lowest BCUT2D eigenvalue weighted by atomic mass is 10.1. The van der Waals surface area contributed by atoms with Gasteiger partial charge >= 0.3 is 0 Å². The number of hydrogen-bond donors (Lipinski definition) is 2. The molecule has 5 heteroatoms. The third-order valence-electron chi connectivity index (χ3n) is 2.29. The monoisotopic (exact) mass is 279 g/mol. The van der Waals surface area contributed by atoms with Crippen LogP contribution in [-0.2, 0) is 4.79 Å². The normalized spacial score (nSPS) is 10.7. The van der Waals surface area contributed by atoms with E-state index in [4.69, 9.17) is 16.9 Å². The molecule has 0 aliphatic carbocycles. The Bertz CT molecular complexity index is 500. The molecule has 1 amide bonds. The number of nitriles is 1. The van der Waals surface area contributed by atoms with Crippen LogP contribution >= 0.6 is 11.6 Å². The Kier molecular flexibility index (Phi) is 5.20. The van der Waals surface area contributed by atoms with Gasteiger partial charge in [-0.2, -0.15) is 5.26 Å². The van der Waals surface area contributed by atoms with E-state index in [0.717, 1.165) is 5.69 Å². The summed E-state index contributed by atoms with van der Waals surface area (Å²) in [6, 6.07) is 7.10. The van der Waals surface area contributed by atoms with Crippen molar-refractivity contribution < 1.29 is 4.79 Å². The Balaban J connectivity index is 2.44. The molecule has 0 bridgehead atoms. The zero-order valence-corrected chi connectivity index (χ0v) is 12.1. The molecule has 102 valence electrons. The summed E-state index contributed by atoms with van der Waals surface area (Å²) in [6.07, 6.45) is 0.384. The Hall–Kier alpha value is -1.73. The summed E-state index contributed by atoms with van der Waals surface area (Å²) in [6.45, 7) is 6.35. The molecular formula is C14H18ClN3O. The molecule has 0 saturated carbocycles. The van der Waals surface area contributed by atoms with Crippen molar-refractivity contribution in [1.82, 2.24) is 5.32 Å². The molecule has 19 heavy (non-hydrogen) atoms. The second-order valence-corrected chi connectivity index (χ2v) is 5.69. The minimum Gasteiger partial charge on any atom is -0.384 e. The molecule has 0 fully saturated rings. The molecule has 0 heterocycles. The van der Waals surface area contributed by atoms with Crippen molar-refractivity contribution in [2.45, 2.75) is 32.7 Å². The van der Waals surface area contributed by atoms with E-state index in [1.165, 1.54) is 0 Å². The van der Waals surface area contributed by atoms with Gasteiger partial charge in [-0.05, 0) is 39.0 Å². The number of nitrogens with zero attached hydrogens (tertiary/aromatic N) is 1. The Labute approximate surface area is 118 Å². The average Bonchev–Trinajstić information content (AvgIpc) is 2.26. The van der Waals surface area contributed by atoms with Crippen LogP contribution in [0.15, 0.2) is 18.2 Å². The third-order valence-corrected chi connectivity index (χ3v) is 2.60. The van der Waals surface area contributed by atoms with Crippen molar-refractivity contribution >= 4 is 23.2 Å². The number of amides is 1. The van der Waals surface area contributed by atoms with Gasteiger partial charge in [-0.1, -0.05) is 11.6 Å². The van der Waals surface area contributed by atoms with Gasteiger partial charge in [0.05, 0.1) is 10.6 Å². The van der Waals surface area contributed by atoms with Crippen LogP contribution < -0.4 is 10.6 Å². The van der Waals surface area contributed by atoms with Gasteiger partial charge in [0.1, 0.15) is 6.07 Å². The maximum atomic E-state index is 11.6. The fourth-order valence-electron chi connectivity index (χ4n) is 1.52. The summed E-state index contributed by atoms with van der Waals surface area (Å²) in [5, 5.41) is 15.2. The summed E-state index contributed by atoms with van der Waals surface area (Å²) in [5.41, 5.74) is 1.03. The van der Waals surface area contributed by atoms with Crippen LogP contribution in [0.3, 0.4) is 0 Å². The van der Waals surface area contributed by atoms with Gasteiger partial charge in [0.25, 0.3) is 0 Å². The molecule has 0 radical (unpaired) electrons. The van der Waals surface area contributed by atoms with E-state index < -0.39 is 0 Å². The summed E-state index contributed by atoms with van der Waals surface area (Å²) < 4.78 is 0. The maximum Gasteiger partial charge on any atom is 0.222 e. The zero-order chi connectivity index (χ0) is 14.5. The summed E-state index contributed by atoms with van der Waals surface area (Å²) >= 11 is 5.92. The van der Waals surface area contributed by atoms with Gasteiger partial charge in [-0.25, -0.2) is 0 Å². The van der Waals surface area contributed by atoms with Gasteiger partial charge in [-0.3, -0.25) is 4.79 Å². The van der Waals surface area contributed by atoms with Crippen LogP contribution in [0.1, 0.15) is 32.8 Å². The standard InChI is InChI=1S/C14H18ClN3O/c1-14(2,3)18-13(19)6-7-17-11-5-4-10(9-16)12(15)8-11/h4-5,8,17H,6-7H2,1-3H3,(H,18,19). The molecule has 0 saturated heterocycles. The van der Waals surface area contributed by atoms with Crippen LogP contribution in [0.5, 0.6) is 0 Å². The SMILES string of the molecule is CC(C)(C)NC(=O)CCNc1ccc(C#N)c(Cl)c1. The number of anilines is 1. The fraction of sp³-hybridized carbons (Fsp3) is 0.429. The lowest BCUT2D eigenvalue weighted by Gasteiger charge is -2.20. The number of hydrogen-bond acceptors (Lipinski definition) is 3. The lowest BCUT2D eigenvalue weighted by Crippen LogP contribution is -2.41. The molecule has 0 aliphatic rings. The quantitative estimate of drug-likeness (QED) is 0.891. The third kappa shape index (κ3) is 5.62. The van der Waals surface area contributed by atoms with Crippen LogP contribution in [0.25, 0.3) is 0 Å². The molecular weight excluding hydrogens is 262 g/mol. The van der Waals surface area contributed by atoms with Crippen molar-refractivity contribution in [3.63, 3.8) is 0 Å². The Morgan fingerprint density at radius 3 is 2.63 bits per heavy atom. The second kappa shape index (κ2) is 6.44. The number of halogens is 1. The van der Waals surface area contributed by atoms with Gasteiger partial charge in [0, 0.05) is 24.2 Å². The summed E-state index contributed by atoms with van der Waals surface area (Å²) in [5.74, 6) is -0.000239. The maximum absolute atomic E-state index is 11.6. The first-order valence-corrected chi connectivity index (χ1v) is 6.44. The number of carbonyl (C=O) groups is 1. The molecule has 0 aromatic heterocycles. The van der Waals surface area contributed by atoms with Gasteiger partial charge in [-0.15, -0.1) is 0 Å². The lowest BCUT2D eigenvalue weighted by molar-refractivity contribution is -0.122. The minimum atomic E-state index is -0.213. The first-order valence-electron chi connectivity index (χ1n) is 6.06. The number of rotatable bonds is 4. The highest BCUT2D eigenvalue weighted by Crippen LogP contribution is 2.20. The minimum absolute atomic E-state index is 0.000239. The molecule has 0 atom stereocenters. The van der Waals surface area contributed by atoms with Crippen molar-refractivity contribution in [1.29, 1.82) is 5.26 Å². The van der Waals surface area contributed by atoms with Gasteiger partial charge in [0.2, 0.25) is 5.91 Å². The van der Waals surface area contributed by atoms with Crippen molar-refractivity contribution in [3.8, 4) is 6.07 Å². The van der Waals surface area contributed by atoms with E-state index in [1.807, 2.05) is 26.8 Å². The fourth-order valence-corrected chi connectivity index (χ4v) is 1.74. The van der Waals surface area contributed by atoms with Crippen molar-refractivity contribution in [2.75, 3.05) is 11.9 Å². The van der Waals surface area contributed by atoms with E-state index in [2.05, 4.69) is 10.6 Å². The predicted octanol–water partition coefficient (Wildman–Crippen LogP) is 2.93. The van der Waals surface area contributed by atoms with E-state index in [0.29, 0.717) is 23.6 Å². The van der Waals surface area contributed by atoms with Crippen LogP contribution in [-0.4, -0.2) is 18.0 Å². The van der Waals surface area contributed by atoms with Crippen molar-refractivity contribution in [3.05, 3.63) is 28.8 Å². The average molecular weight is 280 g/mol. The topological polar surface area (TPSA) is 64.9 Å². The molecule has 0 unspecified atom stereocenters. The molecule has 0 aliphatic heterocycles. The smallest absolute Gasteiger partial charge is 0.222 e. The van der Waals surface area contributed by atoms with Crippen LogP contribution in [0.2, 0.25) is 5.02 Å². The van der Waals surface area contributed by atoms with Crippen molar-refractivity contribution in [2.24, 2.45) is 0 Å². The Morgan fingerprint density at radius 1 is 1.42 bits per heavy atom. The summed E-state index contributed by atoms with van der Waals surface area (Å²) in [4.78, 5) is 11.6. The highest BCUT2D eigenvalue weighted by atomic mass is 35.5. The summed E-state index contributed by atoms with van der Waals surface area (Å²) in [7, 11) is 0. The van der Waals surface area contributed by atoms with Gasteiger partial charge < -0.3 is 10.6 Å². The first kappa shape index (κ1) is 15.3. The molecule has 1 aromatic rings. The second-order valence-electron chi connectivity index (χ2n) is 5.28. The van der Waals surface area contributed by atoms with E-state index in [1.54, 1.807) is 18.2 Å². The highest BCUT2D eigenvalue weighted by molar-refractivity contribution is 6.32. The highest BCUT2D eigenvalue weighted by Gasteiger charge is 2.12.